The van der Waals surface area contributed by atoms with Crippen LogP contribution in [0.5, 0.6) is 0 Å². The van der Waals surface area contributed by atoms with E-state index in [-0.39, 0.29) is 18.3 Å². The number of amides is 1. The molecule has 0 atom stereocenters. The second-order valence-electron chi connectivity index (χ2n) is 6.10. The first-order valence-electron chi connectivity index (χ1n) is 8.01. The molecule has 5 heteroatoms. The van der Waals surface area contributed by atoms with Crippen LogP contribution in [0.15, 0.2) is 42.5 Å². The monoisotopic (exact) mass is 357 g/mol. The van der Waals surface area contributed by atoms with Crippen LogP contribution >= 0.6 is 11.3 Å². The molecule has 1 amide bonds. The quantitative estimate of drug-likeness (QED) is 0.658. The van der Waals surface area contributed by atoms with Crippen LogP contribution in [0.1, 0.15) is 26.4 Å². The van der Waals surface area contributed by atoms with Crippen LogP contribution in [-0.2, 0) is 17.9 Å². The number of hydrogen-bond donors (Lipinski definition) is 0. The Labute approximate surface area is 150 Å². The summed E-state index contributed by atoms with van der Waals surface area (Å²) in [7, 11) is 3.31. The number of carbonyl (C=O) groups is 1. The summed E-state index contributed by atoms with van der Waals surface area (Å²) in [4.78, 5) is 15.1. The Morgan fingerprint density at radius 2 is 1.92 bits per heavy atom. The molecule has 3 rings (SSSR count). The van der Waals surface area contributed by atoms with Crippen molar-refractivity contribution < 1.29 is 13.9 Å². The van der Waals surface area contributed by atoms with E-state index >= 15 is 0 Å². The lowest BCUT2D eigenvalue weighted by Gasteiger charge is -2.17. The minimum atomic E-state index is -0.318. The Morgan fingerprint density at radius 3 is 2.60 bits per heavy atom. The lowest BCUT2D eigenvalue weighted by atomic mass is 10.1. The van der Waals surface area contributed by atoms with Gasteiger partial charge in [0.05, 0.1) is 11.5 Å². The molecule has 0 bridgehead atoms. The summed E-state index contributed by atoms with van der Waals surface area (Å²) < 4.78 is 20.2. The topological polar surface area (TPSA) is 29.5 Å². The van der Waals surface area contributed by atoms with E-state index in [1.165, 1.54) is 23.0 Å². The van der Waals surface area contributed by atoms with E-state index in [0.717, 1.165) is 10.3 Å². The fraction of sp³-hybridized carbons (Fsp3) is 0.250. The zero-order chi connectivity index (χ0) is 18.0. The average molecular weight is 357 g/mol. The Balaban J connectivity index is 1.94. The van der Waals surface area contributed by atoms with Gasteiger partial charge in [-0.3, -0.25) is 4.79 Å². The molecular formula is C20H20FNO2S. The van der Waals surface area contributed by atoms with E-state index in [1.807, 2.05) is 37.3 Å². The molecule has 1 heterocycles. The van der Waals surface area contributed by atoms with Gasteiger partial charge < -0.3 is 9.64 Å². The van der Waals surface area contributed by atoms with Gasteiger partial charge in [-0.25, -0.2) is 4.39 Å². The van der Waals surface area contributed by atoms with Crippen molar-refractivity contribution in [2.45, 2.75) is 20.1 Å². The molecule has 0 aliphatic carbocycles. The number of carbonyl (C=O) groups excluding carboxylic acids is 1. The van der Waals surface area contributed by atoms with Gasteiger partial charge in [0.15, 0.2) is 0 Å². The molecule has 0 aliphatic heterocycles. The predicted octanol–water partition coefficient (Wildman–Crippen LogP) is 4.77. The van der Waals surface area contributed by atoms with Gasteiger partial charge in [0.2, 0.25) is 0 Å². The molecule has 0 fully saturated rings. The van der Waals surface area contributed by atoms with Gasteiger partial charge in [0, 0.05) is 36.4 Å². The van der Waals surface area contributed by atoms with Gasteiger partial charge in [-0.1, -0.05) is 35.9 Å². The lowest BCUT2D eigenvalue weighted by molar-refractivity contribution is 0.0785. The van der Waals surface area contributed by atoms with Crippen molar-refractivity contribution in [3.8, 4) is 0 Å². The number of ether oxygens (including phenoxy) is 1. The van der Waals surface area contributed by atoms with Crippen molar-refractivity contribution in [3.63, 3.8) is 0 Å². The van der Waals surface area contributed by atoms with Crippen LogP contribution in [0.25, 0.3) is 10.1 Å². The summed E-state index contributed by atoms with van der Waals surface area (Å²) in [6, 6.07) is 13.0. The molecule has 0 spiro atoms. The van der Waals surface area contributed by atoms with E-state index in [1.54, 1.807) is 25.1 Å². The first kappa shape index (κ1) is 17.6. The standard InChI is InChI=1S/C20H20FNO2S/c1-13-7-9-14(10-8-13)11-22(2)20(23)19-15(12-24-3)18-16(21)5-4-6-17(18)25-19/h4-10H,11-12H2,1-3H3. The minimum Gasteiger partial charge on any atom is -0.380 e. The molecule has 1 aromatic heterocycles. The van der Waals surface area contributed by atoms with E-state index < -0.39 is 0 Å². The highest BCUT2D eigenvalue weighted by molar-refractivity contribution is 7.21. The smallest absolute Gasteiger partial charge is 0.264 e. The molecular weight excluding hydrogens is 337 g/mol. The van der Waals surface area contributed by atoms with Crippen LogP contribution in [0.4, 0.5) is 4.39 Å². The molecule has 130 valence electrons. The fourth-order valence-electron chi connectivity index (χ4n) is 2.83. The number of aryl methyl sites for hydroxylation is 1. The number of halogens is 1. The zero-order valence-electron chi connectivity index (χ0n) is 14.5. The molecule has 0 N–H and O–H groups in total. The summed E-state index contributed by atoms with van der Waals surface area (Å²) in [5.74, 6) is -0.436. The summed E-state index contributed by atoms with van der Waals surface area (Å²) in [5, 5.41) is 0.487. The number of nitrogens with zero attached hydrogens (tertiary/aromatic N) is 1. The van der Waals surface area contributed by atoms with Crippen molar-refractivity contribution in [2.24, 2.45) is 0 Å². The Morgan fingerprint density at radius 1 is 1.20 bits per heavy atom. The number of benzene rings is 2. The number of rotatable bonds is 5. The third kappa shape index (κ3) is 3.57. The molecule has 0 radical (unpaired) electrons. The van der Waals surface area contributed by atoms with Crippen molar-refractivity contribution in [1.82, 2.24) is 4.90 Å². The summed E-state index contributed by atoms with van der Waals surface area (Å²) in [6.45, 7) is 2.74. The van der Waals surface area contributed by atoms with Gasteiger partial charge >= 0.3 is 0 Å². The number of hydrogen-bond acceptors (Lipinski definition) is 3. The van der Waals surface area contributed by atoms with Crippen LogP contribution in [0.3, 0.4) is 0 Å². The Kier molecular flexibility index (Phi) is 5.16. The van der Waals surface area contributed by atoms with Gasteiger partial charge in [0.25, 0.3) is 5.91 Å². The highest BCUT2D eigenvalue weighted by Gasteiger charge is 2.23. The predicted molar refractivity (Wildman–Crippen MR) is 99.5 cm³/mol. The summed E-state index contributed by atoms with van der Waals surface area (Å²) in [5.41, 5.74) is 2.86. The highest BCUT2D eigenvalue weighted by Crippen LogP contribution is 2.34. The normalized spacial score (nSPS) is 11.0. The fourth-order valence-corrected chi connectivity index (χ4v) is 4.05. The van der Waals surface area contributed by atoms with Crippen molar-refractivity contribution in [2.75, 3.05) is 14.2 Å². The first-order valence-corrected chi connectivity index (χ1v) is 8.82. The Bertz CT molecular complexity index is 902. The molecule has 25 heavy (non-hydrogen) atoms. The van der Waals surface area contributed by atoms with Gasteiger partial charge in [0.1, 0.15) is 5.82 Å². The first-order chi connectivity index (χ1) is 12.0. The number of thiophene rings is 1. The van der Waals surface area contributed by atoms with E-state index in [2.05, 4.69) is 0 Å². The average Bonchev–Trinajstić information content (AvgIpc) is 2.96. The van der Waals surface area contributed by atoms with Gasteiger partial charge in [-0.15, -0.1) is 11.3 Å². The van der Waals surface area contributed by atoms with E-state index in [4.69, 9.17) is 4.74 Å². The molecule has 3 nitrogen and oxygen atoms in total. The van der Waals surface area contributed by atoms with Crippen LogP contribution in [0.2, 0.25) is 0 Å². The van der Waals surface area contributed by atoms with Gasteiger partial charge in [-0.05, 0) is 24.6 Å². The zero-order valence-corrected chi connectivity index (χ0v) is 15.3. The number of fused-ring (bicyclic) bond motifs is 1. The molecule has 0 saturated carbocycles. The molecule has 0 aliphatic rings. The van der Waals surface area contributed by atoms with E-state index in [9.17, 15) is 9.18 Å². The van der Waals surface area contributed by atoms with Gasteiger partial charge in [-0.2, -0.15) is 0 Å². The van der Waals surface area contributed by atoms with Crippen LogP contribution in [0, 0.1) is 12.7 Å². The third-order valence-electron chi connectivity index (χ3n) is 4.13. The van der Waals surface area contributed by atoms with E-state index in [0.29, 0.717) is 22.4 Å². The van der Waals surface area contributed by atoms with Crippen LogP contribution in [-0.4, -0.2) is 25.0 Å². The van der Waals surface area contributed by atoms with Crippen molar-refractivity contribution in [1.29, 1.82) is 0 Å². The largest absolute Gasteiger partial charge is 0.380 e. The molecule has 0 saturated heterocycles. The minimum absolute atomic E-state index is 0.117. The Hall–Kier alpha value is -2.24. The maximum absolute atomic E-state index is 14.3. The second-order valence-corrected chi connectivity index (χ2v) is 7.15. The van der Waals surface area contributed by atoms with Crippen molar-refractivity contribution >= 4 is 27.3 Å². The maximum Gasteiger partial charge on any atom is 0.264 e. The number of methoxy groups -OCH3 is 1. The summed E-state index contributed by atoms with van der Waals surface area (Å²) in [6.07, 6.45) is 0. The SMILES string of the molecule is COCc1c(C(=O)N(C)Cc2ccc(C)cc2)sc2cccc(F)c12. The molecule has 0 unspecified atom stereocenters. The maximum atomic E-state index is 14.3. The second kappa shape index (κ2) is 7.33. The molecule has 3 aromatic rings. The van der Waals surface area contributed by atoms with Crippen molar-refractivity contribution in [3.05, 3.63) is 69.8 Å². The summed E-state index contributed by atoms with van der Waals surface area (Å²) >= 11 is 1.32. The highest BCUT2D eigenvalue weighted by atomic mass is 32.1. The molecule has 2 aromatic carbocycles. The third-order valence-corrected chi connectivity index (χ3v) is 5.32. The lowest BCUT2D eigenvalue weighted by Crippen LogP contribution is -2.26. The van der Waals surface area contributed by atoms with Crippen LogP contribution < -0.4 is 0 Å².